The number of halogens is 1. The van der Waals surface area contributed by atoms with E-state index in [1.165, 1.54) is 11.8 Å². The van der Waals surface area contributed by atoms with Gasteiger partial charge in [0.15, 0.2) is 5.17 Å². The number of carbonyl (C=O) groups is 2. The number of hydrogen-bond acceptors (Lipinski definition) is 5. The van der Waals surface area contributed by atoms with Crippen molar-refractivity contribution in [2.75, 3.05) is 5.32 Å². The summed E-state index contributed by atoms with van der Waals surface area (Å²) in [6.45, 7) is 0.264. The summed E-state index contributed by atoms with van der Waals surface area (Å²) in [7, 11) is 0. The number of amidine groups is 1. The number of hydrogen-bond donors (Lipinski definition) is 1. The van der Waals surface area contributed by atoms with Crippen molar-refractivity contribution < 1.29 is 14.0 Å². The number of amides is 2. The number of nitrogens with zero attached hydrogens (tertiary/aromatic N) is 2. The van der Waals surface area contributed by atoms with E-state index in [4.69, 9.17) is 16.0 Å². The van der Waals surface area contributed by atoms with Crippen LogP contribution < -0.4 is 5.32 Å². The summed E-state index contributed by atoms with van der Waals surface area (Å²) in [5.74, 6) is 0.232. The standard InChI is InChI=1S/C22H18ClN3O3S/c23-15-8-10-17(11-9-15)24-20(27)13-19-21(28)26(14-18-7-4-12-29-18)22(30-19)25-16-5-2-1-3-6-16/h1-12,19H,13-14H2,(H,24,27). The Morgan fingerprint density at radius 1 is 1.10 bits per heavy atom. The van der Waals surface area contributed by atoms with Crippen LogP contribution in [0.3, 0.4) is 0 Å². The summed E-state index contributed by atoms with van der Waals surface area (Å²) >= 11 is 7.16. The monoisotopic (exact) mass is 439 g/mol. The quantitative estimate of drug-likeness (QED) is 0.580. The molecule has 0 aliphatic carbocycles. The fraction of sp³-hybridized carbons (Fsp3) is 0.136. The van der Waals surface area contributed by atoms with Gasteiger partial charge >= 0.3 is 0 Å². The van der Waals surface area contributed by atoms with E-state index in [1.54, 1.807) is 47.6 Å². The predicted molar refractivity (Wildman–Crippen MR) is 119 cm³/mol. The van der Waals surface area contributed by atoms with Crippen molar-refractivity contribution in [1.29, 1.82) is 0 Å². The Kier molecular flexibility index (Phi) is 6.21. The van der Waals surface area contributed by atoms with Crippen molar-refractivity contribution in [3.63, 3.8) is 0 Å². The molecule has 2 heterocycles. The van der Waals surface area contributed by atoms with Gasteiger partial charge in [0.05, 0.1) is 18.5 Å². The molecule has 3 aromatic rings. The highest BCUT2D eigenvalue weighted by atomic mass is 35.5. The van der Waals surface area contributed by atoms with Crippen LogP contribution in [0, 0.1) is 0 Å². The molecule has 8 heteroatoms. The molecule has 1 atom stereocenters. The van der Waals surface area contributed by atoms with E-state index in [1.807, 2.05) is 30.3 Å². The number of para-hydroxylation sites is 1. The number of nitrogens with one attached hydrogen (secondary N) is 1. The highest BCUT2D eigenvalue weighted by molar-refractivity contribution is 8.15. The molecule has 1 unspecified atom stereocenters. The predicted octanol–water partition coefficient (Wildman–Crippen LogP) is 5.09. The average Bonchev–Trinajstić information content (AvgIpc) is 3.35. The van der Waals surface area contributed by atoms with Gasteiger partial charge in [-0.3, -0.25) is 14.5 Å². The summed E-state index contributed by atoms with van der Waals surface area (Å²) in [5, 5.41) is 3.38. The van der Waals surface area contributed by atoms with Crippen molar-refractivity contribution in [2.24, 2.45) is 4.99 Å². The van der Waals surface area contributed by atoms with Crippen LogP contribution in [0.15, 0.2) is 82.4 Å². The number of rotatable bonds is 6. The second kappa shape index (κ2) is 9.19. The first kappa shape index (κ1) is 20.3. The Morgan fingerprint density at radius 2 is 1.87 bits per heavy atom. The largest absolute Gasteiger partial charge is 0.467 e. The number of carbonyl (C=O) groups excluding carboxylic acids is 2. The molecule has 30 heavy (non-hydrogen) atoms. The minimum Gasteiger partial charge on any atom is -0.467 e. The molecule has 1 N–H and O–H groups in total. The first-order valence-electron chi connectivity index (χ1n) is 9.28. The second-order valence-corrected chi connectivity index (χ2v) is 8.21. The van der Waals surface area contributed by atoms with Gasteiger partial charge in [0.2, 0.25) is 11.8 Å². The molecule has 2 amide bonds. The van der Waals surface area contributed by atoms with Crippen molar-refractivity contribution in [1.82, 2.24) is 4.90 Å². The maximum absolute atomic E-state index is 13.1. The molecule has 0 bridgehead atoms. The highest BCUT2D eigenvalue weighted by Crippen LogP contribution is 2.33. The Labute approximate surface area is 182 Å². The Morgan fingerprint density at radius 3 is 2.57 bits per heavy atom. The third-order valence-electron chi connectivity index (χ3n) is 4.39. The van der Waals surface area contributed by atoms with Gasteiger partial charge in [0.25, 0.3) is 0 Å². The molecular weight excluding hydrogens is 422 g/mol. The molecule has 1 aliphatic heterocycles. The van der Waals surface area contributed by atoms with E-state index in [0.717, 1.165) is 5.69 Å². The van der Waals surface area contributed by atoms with Crippen LogP contribution in [0.2, 0.25) is 5.02 Å². The van der Waals surface area contributed by atoms with Crippen LogP contribution in [0.1, 0.15) is 12.2 Å². The molecule has 1 aliphatic rings. The summed E-state index contributed by atoms with van der Waals surface area (Å²) in [4.78, 5) is 31.7. The SMILES string of the molecule is O=C(CC1SC(=Nc2ccccc2)N(Cc2ccco2)C1=O)Nc1ccc(Cl)cc1. The van der Waals surface area contributed by atoms with Crippen LogP contribution in [0.4, 0.5) is 11.4 Å². The molecule has 6 nitrogen and oxygen atoms in total. The zero-order valence-electron chi connectivity index (χ0n) is 15.8. The first-order valence-corrected chi connectivity index (χ1v) is 10.5. The van der Waals surface area contributed by atoms with E-state index in [2.05, 4.69) is 10.3 Å². The van der Waals surface area contributed by atoms with Crippen molar-refractivity contribution in [3.8, 4) is 0 Å². The number of thioether (sulfide) groups is 1. The number of anilines is 1. The third-order valence-corrected chi connectivity index (χ3v) is 5.82. The minimum atomic E-state index is -0.560. The Bertz CT molecular complexity index is 1050. The molecule has 0 spiro atoms. The molecule has 1 aromatic heterocycles. The van der Waals surface area contributed by atoms with E-state index in [9.17, 15) is 9.59 Å². The maximum atomic E-state index is 13.1. The molecule has 2 aromatic carbocycles. The summed E-state index contributed by atoms with van der Waals surface area (Å²) < 4.78 is 5.40. The summed E-state index contributed by atoms with van der Waals surface area (Å²) in [5.41, 5.74) is 1.37. The lowest BCUT2D eigenvalue weighted by molar-refractivity contribution is -0.128. The van der Waals surface area contributed by atoms with Gasteiger partial charge in [-0.2, -0.15) is 0 Å². The second-order valence-electron chi connectivity index (χ2n) is 6.60. The van der Waals surface area contributed by atoms with Gasteiger partial charge < -0.3 is 9.73 Å². The summed E-state index contributed by atoms with van der Waals surface area (Å²) in [6, 6.07) is 19.8. The molecule has 1 fully saturated rings. The van der Waals surface area contributed by atoms with E-state index in [0.29, 0.717) is 21.6 Å². The van der Waals surface area contributed by atoms with Crippen molar-refractivity contribution in [2.45, 2.75) is 18.2 Å². The van der Waals surface area contributed by atoms with E-state index in [-0.39, 0.29) is 24.8 Å². The number of furan rings is 1. The number of aliphatic imine (C=N–C) groups is 1. The highest BCUT2D eigenvalue weighted by Gasteiger charge is 2.39. The van der Waals surface area contributed by atoms with Crippen LogP contribution in [0.25, 0.3) is 0 Å². The normalized spacial score (nSPS) is 17.5. The van der Waals surface area contributed by atoms with Crippen molar-refractivity contribution >= 4 is 51.7 Å². The lowest BCUT2D eigenvalue weighted by Gasteiger charge is -2.15. The molecule has 152 valence electrons. The van der Waals surface area contributed by atoms with Gasteiger partial charge in [0, 0.05) is 17.1 Å². The zero-order valence-corrected chi connectivity index (χ0v) is 17.4. The first-order chi connectivity index (χ1) is 14.6. The molecule has 0 radical (unpaired) electrons. The molecule has 1 saturated heterocycles. The lowest BCUT2D eigenvalue weighted by Crippen LogP contribution is -2.33. The van der Waals surface area contributed by atoms with Crippen LogP contribution >= 0.6 is 23.4 Å². The fourth-order valence-electron chi connectivity index (χ4n) is 2.96. The van der Waals surface area contributed by atoms with Gasteiger partial charge in [-0.05, 0) is 48.5 Å². The van der Waals surface area contributed by atoms with Gasteiger partial charge in [-0.15, -0.1) is 0 Å². The van der Waals surface area contributed by atoms with Gasteiger partial charge in [-0.1, -0.05) is 41.6 Å². The lowest BCUT2D eigenvalue weighted by atomic mass is 10.2. The van der Waals surface area contributed by atoms with E-state index >= 15 is 0 Å². The number of benzene rings is 2. The van der Waals surface area contributed by atoms with Crippen molar-refractivity contribution in [3.05, 3.63) is 83.8 Å². The minimum absolute atomic E-state index is 0.0363. The van der Waals surface area contributed by atoms with Gasteiger partial charge in [-0.25, -0.2) is 4.99 Å². The van der Waals surface area contributed by atoms with E-state index < -0.39 is 5.25 Å². The van der Waals surface area contributed by atoms with Gasteiger partial charge in [0.1, 0.15) is 11.0 Å². The topological polar surface area (TPSA) is 74.9 Å². The fourth-order valence-corrected chi connectivity index (χ4v) is 4.24. The molecule has 0 saturated carbocycles. The smallest absolute Gasteiger partial charge is 0.243 e. The van der Waals surface area contributed by atoms with Crippen LogP contribution in [0.5, 0.6) is 0 Å². The molecule has 4 rings (SSSR count). The third kappa shape index (κ3) is 4.93. The Hall–Kier alpha value is -3.03. The van der Waals surface area contributed by atoms with Crippen LogP contribution in [-0.4, -0.2) is 27.1 Å². The molecular formula is C22H18ClN3O3S. The average molecular weight is 440 g/mol. The Balaban J connectivity index is 1.50. The summed E-state index contributed by atoms with van der Waals surface area (Å²) in [6.07, 6.45) is 1.60. The van der Waals surface area contributed by atoms with Crippen LogP contribution in [-0.2, 0) is 16.1 Å². The zero-order chi connectivity index (χ0) is 20.9. The maximum Gasteiger partial charge on any atom is 0.243 e.